The van der Waals surface area contributed by atoms with E-state index in [2.05, 4.69) is 30.4 Å². The topological polar surface area (TPSA) is 49.4 Å². The second kappa shape index (κ2) is 8.14. The van der Waals surface area contributed by atoms with Gasteiger partial charge in [-0.15, -0.1) is 0 Å². The number of carbonyl (C=O) groups excluding carboxylic acids is 2. The van der Waals surface area contributed by atoms with Crippen LogP contribution in [0.5, 0.6) is 0 Å². The minimum absolute atomic E-state index is 0.154. The first kappa shape index (κ1) is 17.5. The molecule has 1 atom stereocenters. The summed E-state index contributed by atoms with van der Waals surface area (Å²) in [6, 6.07) is 6.27. The van der Waals surface area contributed by atoms with Gasteiger partial charge in [0.25, 0.3) is 0 Å². The predicted molar refractivity (Wildman–Crippen MR) is 92.2 cm³/mol. The van der Waals surface area contributed by atoms with Crippen molar-refractivity contribution in [1.82, 2.24) is 10.2 Å². The van der Waals surface area contributed by atoms with Gasteiger partial charge in [-0.3, -0.25) is 9.59 Å². The molecule has 1 N–H and O–H groups in total. The Morgan fingerprint density at radius 1 is 1.22 bits per heavy atom. The van der Waals surface area contributed by atoms with Crippen LogP contribution in [0, 0.1) is 0 Å². The number of nitrogens with one attached hydrogen (secondary N) is 1. The summed E-state index contributed by atoms with van der Waals surface area (Å²) in [7, 11) is 1.68. The van der Waals surface area contributed by atoms with Crippen molar-refractivity contribution in [1.29, 1.82) is 0 Å². The van der Waals surface area contributed by atoms with Crippen LogP contribution in [0.15, 0.2) is 18.2 Å². The summed E-state index contributed by atoms with van der Waals surface area (Å²) < 4.78 is 0. The standard InChI is InChI=1S/C19H28N2O2/c1-4-5-12-21(3)19(23)18(22)20-14(2)16-11-10-15-8-6-7-9-17(15)13-16/h10-11,13-14H,4-9,12H2,1-3H3,(H,20,22). The first-order valence-electron chi connectivity index (χ1n) is 8.70. The van der Waals surface area contributed by atoms with E-state index < -0.39 is 11.8 Å². The van der Waals surface area contributed by atoms with E-state index in [-0.39, 0.29) is 6.04 Å². The second-order valence-electron chi connectivity index (χ2n) is 6.51. The maximum absolute atomic E-state index is 12.1. The zero-order valence-corrected chi connectivity index (χ0v) is 14.5. The normalized spacial score (nSPS) is 14.7. The largest absolute Gasteiger partial charge is 0.341 e. The van der Waals surface area contributed by atoms with Crippen molar-refractivity contribution in [3.8, 4) is 0 Å². The van der Waals surface area contributed by atoms with Crippen molar-refractivity contribution >= 4 is 11.8 Å². The van der Waals surface area contributed by atoms with Gasteiger partial charge in [0.05, 0.1) is 6.04 Å². The van der Waals surface area contributed by atoms with Gasteiger partial charge in [0, 0.05) is 13.6 Å². The highest BCUT2D eigenvalue weighted by atomic mass is 16.2. The molecule has 4 nitrogen and oxygen atoms in total. The highest BCUT2D eigenvalue weighted by molar-refractivity contribution is 6.35. The summed E-state index contributed by atoms with van der Waals surface area (Å²) in [5.74, 6) is -0.975. The molecule has 23 heavy (non-hydrogen) atoms. The summed E-state index contributed by atoms with van der Waals surface area (Å²) in [6.45, 7) is 4.62. The summed E-state index contributed by atoms with van der Waals surface area (Å²) in [5, 5.41) is 2.83. The van der Waals surface area contributed by atoms with Crippen LogP contribution in [0.25, 0.3) is 0 Å². The van der Waals surface area contributed by atoms with Crippen LogP contribution in [0.3, 0.4) is 0 Å². The zero-order chi connectivity index (χ0) is 16.8. The molecule has 0 fully saturated rings. The molecule has 1 unspecified atom stereocenters. The lowest BCUT2D eigenvalue weighted by molar-refractivity contribution is -0.145. The van der Waals surface area contributed by atoms with Crippen molar-refractivity contribution in [3.05, 3.63) is 34.9 Å². The lowest BCUT2D eigenvalue weighted by Gasteiger charge is -2.21. The van der Waals surface area contributed by atoms with Crippen LogP contribution in [0.2, 0.25) is 0 Å². The average molecular weight is 316 g/mol. The highest BCUT2D eigenvalue weighted by Crippen LogP contribution is 2.24. The Morgan fingerprint density at radius 2 is 1.91 bits per heavy atom. The molecule has 1 aliphatic carbocycles. The molecule has 2 rings (SSSR count). The lowest BCUT2D eigenvalue weighted by atomic mass is 9.89. The maximum atomic E-state index is 12.1. The Labute approximate surface area is 139 Å². The smallest absolute Gasteiger partial charge is 0.311 e. The molecule has 1 aliphatic rings. The summed E-state index contributed by atoms with van der Waals surface area (Å²) in [4.78, 5) is 25.7. The molecule has 0 saturated heterocycles. The van der Waals surface area contributed by atoms with Gasteiger partial charge >= 0.3 is 11.8 Å². The zero-order valence-electron chi connectivity index (χ0n) is 14.5. The van der Waals surface area contributed by atoms with Gasteiger partial charge in [0.1, 0.15) is 0 Å². The fourth-order valence-electron chi connectivity index (χ4n) is 3.03. The molecule has 4 heteroatoms. The number of nitrogens with zero attached hydrogens (tertiary/aromatic N) is 1. The first-order valence-corrected chi connectivity index (χ1v) is 8.70. The number of carbonyl (C=O) groups is 2. The quantitative estimate of drug-likeness (QED) is 0.849. The van der Waals surface area contributed by atoms with Crippen LogP contribution in [0.1, 0.15) is 62.3 Å². The Kier molecular flexibility index (Phi) is 6.20. The third-order valence-corrected chi connectivity index (χ3v) is 4.61. The van der Waals surface area contributed by atoms with Crippen molar-refractivity contribution in [2.75, 3.05) is 13.6 Å². The predicted octanol–water partition coefficient (Wildman–Crippen LogP) is 3.00. The van der Waals surface area contributed by atoms with Crippen LogP contribution in [-0.4, -0.2) is 30.3 Å². The van der Waals surface area contributed by atoms with Gasteiger partial charge < -0.3 is 10.2 Å². The molecule has 0 heterocycles. The third-order valence-electron chi connectivity index (χ3n) is 4.61. The molecule has 126 valence electrons. The Bertz CT molecular complexity index is 568. The van der Waals surface area contributed by atoms with Gasteiger partial charge in [-0.05, 0) is 55.7 Å². The van der Waals surface area contributed by atoms with E-state index >= 15 is 0 Å². The van der Waals surface area contributed by atoms with E-state index in [0.29, 0.717) is 6.54 Å². The second-order valence-corrected chi connectivity index (χ2v) is 6.51. The minimum Gasteiger partial charge on any atom is -0.341 e. The molecule has 0 aliphatic heterocycles. The summed E-state index contributed by atoms with van der Waals surface area (Å²) in [5.41, 5.74) is 3.89. The molecule has 0 bridgehead atoms. The number of amides is 2. The average Bonchev–Trinajstić information content (AvgIpc) is 2.58. The van der Waals surface area contributed by atoms with Crippen LogP contribution in [-0.2, 0) is 22.4 Å². The minimum atomic E-state index is -0.520. The molecule has 1 aromatic carbocycles. The number of aryl methyl sites for hydroxylation is 2. The van der Waals surface area contributed by atoms with Gasteiger partial charge in [0.2, 0.25) is 0 Å². The fourth-order valence-corrected chi connectivity index (χ4v) is 3.03. The van der Waals surface area contributed by atoms with Gasteiger partial charge in [-0.25, -0.2) is 0 Å². The van der Waals surface area contributed by atoms with Crippen molar-refractivity contribution in [2.24, 2.45) is 0 Å². The third kappa shape index (κ3) is 4.57. The summed E-state index contributed by atoms with van der Waals surface area (Å²) >= 11 is 0. The monoisotopic (exact) mass is 316 g/mol. The molecule has 0 saturated carbocycles. The molecular formula is C19H28N2O2. The van der Waals surface area contributed by atoms with Crippen LogP contribution >= 0.6 is 0 Å². The maximum Gasteiger partial charge on any atom is 0.311 e. The number of likely N-dealkylation sites (N-methyl/N-ethyl adjacent to an activating group) is 1. The fraction of sp³-hybridized carbons (Fsp3) is 0.579. The van der Waals surface area contributed by atoms with Gasteiger partial charge in [-0.2, -0.15) is 0 Å². The molecule has 1 aromatic rings. The van der Waals surface area contributed by atoms with E-state index in [9.17, 15) is 9.59 Å². The van der Waals surface area contributed by atoms with Gasteiger partial charge in [0.15, 0.2) is 0 Å². The Hall–Kier alpha value is -1.84. The van der Waals surface area contributed by atoms with Gasteiger partial charge in [-0.1, -0.05) is 31.5 Å². The van der Waals surface area contributed by atoms with E-state index in [1.54, 1.807) is 7.05 Å². The first-order chi connectivity index (χ1) is 11.0. The number of hydrogen-bond donors (Lipinski definition) is 1. The van der Waals surface area contributed by atoms with E-state index in [0.717, 1.165) is 31.2 Å². The van der Waals surface area contributed by atoms with Crippen molar-refractivity contribution < 1.29 is 9.59 Å². The van der Waals surface area contributed by atoms with E-state index in [1.807, 2.05) is 6.92 Å². The number of unbranched alkanes of at least 4 members (excludes halogenated alkanes) is 1. The van der Waals surface area contributed by atoms with Crippen LogP contribution < -0.4 is 5.32 Å². The highest BCUT2D eigenvalue weighted by Gasteiger charge is 2.21. The number of rotatable bonds is 5. The molecule has 0 radical (unpaired) electrons. The number of benzene rings is 1. The van der Waals surface area contributed by atoms with E-state index in [4.69, 9.17) is 0 Å². The molecule has 2 amide bonds. The Morgan fingerprint density at radius 3 is 2.61 bits per heavy atom. The molecule has 0 spiro atoms. The van der Waals surface area contributed by atoms with E-state index in [1.165, 1.54) is 28.9 Å². The SMILES string of the molecule is CCCCN(C)C(=O)C(=O)NC(C)c1ccc2c(c1)CCCC2. The number of fused-ring (bicyclic) bond motifs is 1. The molecule has 0 aromatic heterocycles. The summed E-state index contributed by atoms with van der Waals surface area (Å²) in [6.07, 6.45) is 6.68. The van der Waals surface area contributed by atoms with Crippen LogP contribution in [0.4, 0.5) is 0 Å². The van der Waals surface area contributed by atoms with Crippen molar-refractivity contribution in [3.63, 3.8) is 0 Å². The lowest BCUT2D eigenvalue weighted by Crippen LogP contribution is -2.42. The molecular weight excluding hydrogens is 288 g/mol. The van der Waals surface area contributed by atoms with Crippen molar-refractivity contribution in [2.45, 2.75) is 58.4 Å². The Balaban J connectivity index is 1.96. The number of hydrogen-bond acceptors (Lipinski definition) is 2.